The molecule has 6 aromatic rings. The number of fused-ring (bicyclic) bond motifs is 6. The van der Waals surface area contributed by atoms with E-state index in [1.165, 1.54) is 55.3 Å². The van der Waals surface area contributed by atoms with E-state index in [1.54, 1.807) is 0 Å². The van der Waals surface area contributed by atoms with Gasteiger partial charge in [-0.2, -0.15) is 10.5 Å². The van der Waals surface area contributed by atoms with E-state index >= 15 is 0 Å². The van der Waals surface area contributed by atoms with Gasteiger partial charge in [0.2, 0.25) is 0 Å². The van der Waals surface area contributed by atoms with E-state index in [1.807, 2.05) is 24.3 Å². The highest BCUT2D eigenvalue weighted by molar-refractivity contribution is 6.30. The molecule has 6 rings (SSSR count). The first-order chi connectivity index (χ1) is 19.3. The van der Waals surface area contributed by atoms with Crippen LogP contribution in [0.4, 0.5) is 0 Å². The van der Waals surface area contributed by atoms with Crippen molar-refractivity contribution in [3.05, 3.63) is 106 Å². The molecule has 3 heteroatoms. The summed E-state index contributed by atoms with van der Waals surface area (Å²) in [5.74, 6) is 0. The molecule has 0 unspecified atom stereocenters. The molecule has 0 aliphatic rings. The Bertz CT molecular complexity index is 2130. The summed E-state index contributed by atoms with van der Waals surface area (Å²) in [6, 6.07) is 25.6. The molecule has 194 valence electrons. The number of hydrogen-bond acceptors (Lipinski definition) is 2. The third-order valence-corrected chi connectivity index (χ3v) is 8.22. The van der Waals surface area contributed by atoms with Gasteiger partial charge in [0, 0.05) is 21.5 Å². The van der Waals surface area contributed by atoms with Crippen molar-refractivity contribution in [2.24, 2.45) is 0 Å². The lowest BCUT2D eigenvalue weighted by atomic mass is 9.85. The van der Waals surface area contributed by atoms with Crippen LogP contribution >= 0.6 is 0 Å². The molecule has 3 nitrogen and oxygen atoms in total. The average molecular weight is 518 g/mol. The van der Waals surface area contributed by atoms with Crippen molar-refractivity contribution >= 4 is 43.7 Å². The van der Waals surface area contributed by atoms with Gasteiger partial charge in [-0.3, -0.25) is 0 Å². The quantitative estimate of drug-likeness (QED) is 0.218. The van der Waals surface area contributed by atoms with Crippen LogP contribution in [0.1, 0.15) is 61.9 Å². The predicted molar refractivity (Wildman–Crippen MR) is 168 cm³/mol. The number of hydrogen-bond donors (Lipinski definition) is 0. The molecule has 0 fully saturated rings. The molecule has 0 saturated heterocycles. The van der Waals surface area contributed by atoms with Crippen LogP contribution in [0.25, 0.3) is 54.8 Å². The summed E-state index contributed by atoms with van der Waals surface area (Å²) in [6.07, 6.45) is 3.27. The Kier molecular flexibility index (Phi) is 5.98. The maximum absolute atomic E-state index is 9.81. The second-order valence-electron chi connectivity index (χ2n) is 11.0. The molecule has 0 atom stereocenters. The van der Waals surface area contributed by atoms with E-state index in [9.17, 15) is 10.5 Å². The van der Waals surface area contributed by atoms with Crippen molar-refractivity contribution < 1.29 is 0 Å². The Hall–Kier alpha value is -4.86. The highest BCUT2D eigenvalue weighted by Gasteiger charge is 2.26. The summed E-state index contributed by atoms with van der Waals surface area (Å²) in [7, 11) is 0. The van der Waals surface area contributed by atoms with E-state index in [4.69, 9.17) is 0 Å². The number of rotatable bonds is 4. The number of benzene rings is 4. The molecular formula is C37H31N3. The van der Waals surface area contributed by atoms with Gasteiger partial charge in [0.15, 0.2) is 0 Å². The van der Waals surface area contributed by atoms with Crippen molar-refractivity contribution in [1.82, 2.24) is 4.40 Å². The summed E-state index contributed by atoms with van der Waals surface area (Å²) in [5.41, 5.74) is 14.3. The minimum absolute atomic E-state index is 0.624. The first-order valence-corrected chi connectivity index (χ1v) is 13.8. The van der Waals surface area contributed by atoms with E-state index in [2.05, 4.69) is 101 Å². The highest BCUT2D eigenvalue weighted by atomic mass is 14.9. The smallest absolute Gasteiger partial charge is 0.0992 e. The predicted octanol–water partition coefficient (Wildman–Crippen LogP) is 10.0. The van der Waals surface area contributed by atoms with Crippen molar-refractivity contribution in [2.45, 2.75) is 48.0 Å². The normalized spacial score (nSPS) is 11.9. The second kappa shape index (κ2) is 9.41. The minimum atomic E-state index is 0.624. The first kappa shape index (κ1) is 25.4. The largest absolute Gasteiger partial charge is 0.308 e. The van der Waals surface area contributed by atoms with Crippen molar-refractivity contribution in [1.29, 1.82) is 10.5 Å². The van der Waals surface area contributed by atoms with Crippen molar-refractivity contribution in [2.75, 3.05) is 0 Å². The molecule has 0 saturated carbocycles. The number of aromatic nitrogens is 1. The van der Waals surface area contributed by atoms with Crippen LogP contribution in [0.15, 0.2) is 77.9 Å². The molecule has 2 aromatic heterocycles. The van der Waals surface area contributed by atoms with E-state index in [0.717, 1.165) is 33.7 Å². The van der Waals surface area contributed by atoms with Crippen LogP contribution in [0.3, 0.4) is 0 Å². The monoisotopic (exact) mass is 517 g/mol. The molecule has 0 amide bonds. The third-order valence-electron chi connectivity index (χ3n) is 8.22. The second-order valence-corrected chi connectivity index (χ2v) is 11.0. The van der Waals surface area contributed by atoms with Crippen LogP contribution < -0.4 is 0 Å². The fourth-order valence-corrected chi connectivity index (χ4v) is 6.72. The van der Waals surface area contributed by atoms with Crippen LogP contribution in [0, 0.1) is 36.5 Å². The zero-order valence-electron chi connectivity index (χ0n) is 23.9. The zero-order chi connectivity index (χ0) is 28.3. The lowest BCUT2D eigenvalue weighted by Gasteiger charge is -2.18. The molecule has 0 N–H and O–H groups in total. The molecule has 0 bridgehead atoms. The topological polar surface area (TPSA) is 52.0 Å². The van der Waals surface area contributed by atoms with Gasteiger partial charge in [-0.25, -0.2) is 0 Å². The third kappa shape index (κ3) is 3.55. The molecule has 0 aliphatic carbocycles. The molecule has 0 radical (unpaired) electrons. The van der Waals surface area contributed by atoms with E-state index in [0.29, 0.717) is 11.1 Å². The van der Waals surface area contributed by atoms with E-state index in [-0.39, 0.29) is 0 Å². The molecule has 0 aliphatic heterocycles. The van der Waals surface area contributed by atoms with Gasteiger partial charge in [-0.05, 0) is 110 Å². The van der Waals surface area contributed by atoms with Gasteiger partial charge >= 0.3 is 0 Å². The Morgan fingerprint density at radius 2 is 1.38 bits per heavy atom. The Labute approximate surface area is 235 Å². The number of allylic oxidation sites excluding steroid dienone is 4. The van der Waals surface area contributed by atoms with Gasteiger partial charge in [0.25, 0.3) is 0 Å². The summed E-state index contributed by atoms with van der Waals surface area (Å²) < 4.78 is 2.29. The van der Waals surface area contributed by atoms with Gasteiger partial charge in [-0.15, -0.1) is 0 Å². The minimum Gasteiger partial charge on any atom is -0.308 e. The SMILES string of the molecule is CC/C=C(/C)C(=C(C)C)c1cc(-c2c(C)cccc2C)c2c3ccc(C#N)cc3n3c4cc(C#N)ccc4c1c23. The Morgan fingerprint density at radius 3 is 1.90 bits per heavy atom. The summed E-state index contributed by atoms with van der Waals surface area (Å²) >= 11 is 0. The number of aryl methyl sites for hydroxylation is 2. The highest BCUT2D eigenvalue weighted by Crippen LogP contribution is 2.49. The van der Waals surface area contributed by atoms with Crippen molar-refractivity contribution in [3.63, 3.8) is 0 Å². The fraction of sp³-hybridized carbons (Fsp3) is 0.189. The average Bonchev–Trinajstić information content (AvgIpc) is 3.44. The molecule has 2 heterocycles. The molecule has 4 aromatic carbocycles. The number of nitriles is 2. The molecular weight excluding hydrogens is 486 g/mol. The van der Waals surface area contributed by atoms with Gasteiger partial charge in [-0.1, -0.05) is 48.9 Å². The van der Waals surface area contributed by atoms with E-state index < -0.39 is 0 Å². The maximum Gasteiger partial charge on any atom is 0.0992 e. The van der Waals surface area contributed by atoms with Crippen LogP contribution in [-0.2, 0) is 0 Å². The van der Waals surface area contributed by atoms with Crippen LogP contribution in [0.2, 0.25) is 0 Å². The van der Waals surface area contributed by atoms with Gasteiger partial charge in [0.05, 0.1) is 39.8 Å². The standard InChI is InChI=1S/C37H31N3/c1-7-9-22(4)33(21(2)3)29-18-30(34-23(5)10-8-11-24(34)6)36-28-15-13-26(20-39)17-32(28)40-31-16-25(19-38)12-14-27(31)35(29)37(36)40/h8-18H,7H2,1-6H3/b22-9-. The van der Waals surface area contributed by atoms with Crippen LogP contribution in [0.5, 0.6) is 0 Å². The Morgan fingerprint density at radius 1 is 0.800 bits per heavy atom. The summed E-state index contributed by atoms with van der Waals surface area (Å²) in [5, 5.41) is 24.2. The van der Waals surface area contributed by atoms with Crippen molar-refractivity contribution in [3.8, 4) is 23.3 Å². The fourth-order valence-electron chi connectivity index (χ4n) is 6.72. The van der Waals surface area contributed by atoms with Gasteiger partial charge < -0.3 is 4.40 Å². The molecule has 40 heavy (non-hydrogen) atoms. The zero-order valence-corrected chi connectivity index (χ0v) is 23.9. The summed E-state index contributed by atoms with van der Waals surface area (Å²) in [6.45, 7) is 13.2. The Balaban J connectivity index is 1.98. The van der Waals surface area contributed by atoms with Gasteiger partial charge in [0.1, 0.15) is 0 Å². The summed E-state index contributed by atoms with van der Waals surface area (Å²) in [4.78, 5) is 0. The lowest BCUT2D eigenvalue weighted by Crippen LogP contribution is -1.96. The van der Waals surface area contributed by atoms with Crippen LogP contribution in [-0.4, -0.2) is 4.40 Å². The molecule has 0 spiro atoms. The first-order valence-electron chi connectivity index (χ1n) is 13.8. The lowest BCUT2D eigenvalue weighted by molar-refractivity contribution is 1.19. The number of nitrogens with zero attached hydrogens (tertiary/aromatic N) is 3. The maximum atomic E-state index is 9.81.